The fourth-order valence-corrected chi connectivity index (χ4v) is 16.9. The van der Waals surface area contributed by atoms with Crippen molar-refractivity contribution in [2.45, 2.75) is 31.6 Å². The lowest BCUT2D eigenvalue weighted by Gasteiger charge is -2.36. The number of rotatable bonds is 5. The average molecular weight is 1010 g/mol. The fourth-order valence-electron chi connectivity index (χ4n) is 16.9. The van der Waals surface area contributed by atoms with Crippen molar-refractivity contribution in [1.29, 1.82) is 0 Å². The topological polar surface area (TPSA) is 16.4 Å². The SMILES string of the molecule is Bc1cc(B)c(-c2c(B)cc(N(c3cc(B)c4c(c3B)C(C)(C)c3c(B)c(B)c(B)c(B)c3-4)c3c(B)c(B)c(B)c4oc5c(C6(C)c7cc(B)c(B)c(B)c7-c7c(B)c(B)c(B)c(B)c76)c(B)c(B)c(B)c5c34)c(B)c2B)c(B)c1B. The maximum absolute atomic E-state index is 7.97. The summed E-state index contributed by atoms with van der Waals surface area (Å²) in [5.41, 5.74) is 55.4. The summed E-state index contributed by atoms with van der Waals surface area (Å²) in [5.74, 6) is 0. The summed E-state index contributed by atoms with van der Waals surface area (Å²) >= 11 is 0. The van der Waals surface area contributed by atoms with Gasteiger partial charge in [0, 0.05) is 33.2 Å². The van der Waals surface area contributed by atoms with Crippen LogP contribution in [0.5, 0.6) is 0 Å². The number of benzene rings is 8. The van der Waals surface area contributed by atoms with Crippen molar-refractivity contribution < 1.29 is 4.42 Å². The molecule has 0 aliphatic heterocycles. The average Bonchev–Trinajstić information content (AvgIpc) is 1.74. The van der Waals surface area contributed by atoms with Crippen molar-refractivity contribution in [2.24, 2.45) is 0 Å². The molecule has 28 heteroatoms. The lowest BCUT2D eigenvalue weighted by atomic mass is 9.57. The molecule has 1 aromatic heterocycles. The minimum Gasteiger partial charge on any atom is -0.456 e. The van der Waals surface area contributed by atoms with Crippen molar-refractivity contribution >= 4 is 385 Å². The van der Waals surface area contributed by atoms with E-state index in [1.165, 1.54) is 231 Å². The summed E-state index contributed by atoms with van der Waals surface area (Å²) in [5, 5.41) is 2.44. The quantitative estimate of drug-likeness (QED) is 0.160. The molecule has 0 N–H and O–H groups in total. The molecular weight excluding hydrogens is 948 g/mol. The molecule has 0 fully saturated rings. The number of fused-ring (bicyclic) bond motifs is 9. The van der Waals surface area contributed by atoms with E-state index in [9.17, 15) is 0 Å². The molecule has 1 heterocycles. The van der Waals surface area contributed by atoms with Crippen LogP contribution in [0.15, 0.2) is 28.7 Å². The molecular formula is C53H65B26NO. The molecule has 2 aliphatic rings. The third-order valence-electron chi connectivity index (χ3n) is 23.0. The van der Waals surface area contributed by atoms with Crippen molar-refractivity contribution in [2.75, 3.05) is 4.90 Å². The zero-order valence-corrected chi connectivity index (χ0v) is 55.2. The summed E-state index contributed by atoms with van der Waals surface area (Å²) in [7, 11) is 61.2. The highest BCUT2D eigenvalue weighted by atomic mass is 16.3. The number of nitrogens with zero attached hydrogens (tertiary/aromatic N) is 1. The molecule has 0 saturated heterocycles. The van der Waals surface area contributed by atoms with Crippen LogP contribution < -0.4 is 147 Å². The molecule has 2 nitrogen and oxygen atoms in total. The van der Waals surface area contributed by atoms with Crippen molar-refractivity contribution in [3.05, 3.63) is 52.1 Å². The summed E-state index contributed by atoms with van der Waals surface area (Å²) in [6.07, 6.45) is 0. The normalized spacial score (nSPS) is 14.8. The van der Waals surface area contributed by atoms with E-state index < -0.39 is 5.41 Å². The van der Waals surface area contributed by atoms with E-state index in [-0.39, 0.29) is 5.41 Å². The first-order chi connectivity index (χ1) is 37.7. The Morgan fingerprint density at radius 2 is 0.679 bits per heavy atom. The molecule has 8 aromatic carbocycles. The van der Waals surface area contributed by atoms with Crippen LogP contribution in [0.1, 0.15) is 48.6 Å². The fraction of sp³-hybridized carbons (Fsp3) is 0.0943. The zero-order valence-electron chi connectivity index (χ0n) is 55.2. The Morgan fingerprint density at radius 3 is 1.25 bits per heavy atom. The van der Waals surface area contributed by atoms with E-state index in [1.807, 2.05) is 0 Å². The van der Waals surface area contributed by atoms with Gasteiger partial charge in [-0.15, -0.1) is 38.2 Å². The minimum atomic E-state index is -0.514. The summed E-state index contributed by atoms with van der Waals surface area (Å²) < 4.78 is 7.97. The Labute approximate surface area is 507 Å². The number of hydrogen-bond acceptors (Lipinski definition) is 2. The van der Waals surface area contributed by atoms with Gasteiger partial charge < -0.3 is 9.32 Å². The largest absolute Gasteiger partial charge is 0.456 e. The first-order valence-corrected chi connectivity index (χ1v) is 30.1. The van der Waals surface area contributed by atoms with Gasteiger partial charge >= 0.3 is 0 Å². The molecule has 0 spiro atoms. The Hall–Kier alpha value is -4.95. The second-order valence-corrected chi connectivity index (χ2v) is 27.0. The van der Waals surface area contributed by atoms with Crippen molar-refractivity contribution in [1.82, 2.24) is 0 Å². The number of hydrogen-bond donors (Lipinski definition) is 0. The monoisotopic (exact) mass is 1020 g/mol. The van der Waals surface area contributed by atoms with E-state index >= 15 is 0 Å². The molecule has 11 rings (SSSR count). The van der Waals surface area contributed by atoms with Gasteiger partial charge in [-0.2, -0.15) is 0 Å². The smallest absolute Gasteiger partial charge is 0.143 e. The van der Waals surface area contributed by atoms with Crippen molar-refractivity contribution in [3.8, 4) is 33.4 Å². The molecule has 81 heavy (non-hydrogen) atoms. The Morgan fingerprint density at radius 1 is 0.284 bits per heavy atom. The second-order valence-electron chi connectivity index (χ2n) is 27.0. The van der Waals surface area contributed by atoms with Crippen LogP contribution >= 0.6 is 0 Å². The first-order valence-electron chi connectivity index (χ1n) is 30.1. The highest BCUT2D eigenvalue weighted by Crippen LogP contribution is 2.52. The summed E-state index contributed by atoms with van der Waals surface area (Å²) in [6.45, 7) is 7.54. The van der Waals surface area contributed by atoms with Gasteiger partial charge in [-0.1, -0.05) is 130 Å². The van der Waals surface area contributed by atoms with Crippen LogP contribution in [0.3, 0.4) is 0 Å². The van der Waals surface area contributed by atoms with Gasteiger partial charge in [0.15, 0.2) is 0 Å². The van der Waals surface area contributed by atoms with Gasteiger partial charge in [0.2, 0.25) is 0 Å². The highest BCUT2D eigenvalue weighted by Gasteiger charge is 2.48. The Kier molecular flexibility index (Phi) is 13.6. The lowest BCUT2D eigenvalue weighted by Crippen LogP contribution is -2.52. The first kappa shape index (κ1) is 57.8. The maximum atomic E-state index is 7.97. The second kappa shape index (κ2) is 19.0. The van der Waals surface area contributed by atoms with Crippen LogP contribution in [0.2, 0.25) is 0 Å². The lowest BCUT2D eigenvalue weighted by molar-refractivity contribution is 0.643. The predicted molar refractivity (Wildman–Crippen MR) is 441 cm³/mol. The number of anilines is 3. The van der Waals surface area contributed by atoms with Crippen LogP contribution in [0, 0.1) is 0 Å². The number of furan rings is 1. The van der Waals surface area contributed by atoms with Crippen LogP contribution in [0.25, 0.3) is 55.3 Å². The molecule has 2 aliphatic carbocycles. The summed E-state index contributed by atoms with van der Waals surface area (Å²) in [6, 6.07) is 10.0. The van der Waals surface area contributed by atoms with Gasteiger partial charge in [-0.25, -0.2) is 0 Å². The molecule has 0 radical (unpaired) electrons. The van der Waals surface area contributed by atoms with Gasteiger partial charge in [-0.3, -0.25) is 0 Å². The predicted octanol–water partition coefficient (Wildman–Crippen LogP) is -30.9. The van der Waals surface area contributed by atoms with Crippen LogP contribution in [-0.4, -0.2) is 204 Å². The molecule has 9 aromatic rings. The van der Waals surface area contributed by atoms with E-state index in [1.54, 1.807) is 0 Å². The van der Waals surface area contributed by atoms with E-state index in [0.29, 0.717) is 0 Å². The van der Waals surface area contributed by atoms with Gasteiger partial charge in [0.25, 0.3) is 0 Å². The van der Waals surface area contributed by atoms with Crippen molar-refractivity contribution in [3.63, 3.8) is 0 Å². The highest BCUT2D eigenvalue weighted by molar-refractivity contribution is 6.70. The van der Waals surface area contributed by atoms with E-state index in [0.717, 1.165) is 11.2 Å². The third-order valence-corrected chi connectivity index (χ3v) is 23.0. The third kappa shape index (κ3) is 7.37. The van der Waals surface area contributed by atoms with Gasteiger partial charge in [0.1, 0.15) is 215 Å². The molecule has 0 amide bonds. The summed E-state index contributed by atoms with van der Waals surface area (Å²) in [4.78, 5) is 2.74. The van der Waals surface area contributed by atoms with E-state index in [2.05, 4.69) is 254 Å². The molecule has 366 valence electrons. The Bertz CT molecular complexity index is 4490. The molecule has 0 bridgehead atoms. The van der Waals surface area contributed by atoms with E-state index in [4.69, 9.17) is 4.42 Å². The molecule has 1 atom stereocenters. The minimum absolute atomic E-state index is 0.237. The zero-order chi connectivity index (χ0) is 59.5. The maximum Gasteiger partial charge on any atom is 0.143 e. The standard InChI is InChI=1S/C53H65B26NO/c1-52(2)24-17(21-25(52)38(69)44(75)43(74)36(21)67)10(55)6-14(30(24)61)80(15-7-11(56)19(34(65)31(15)62)18-9(54)5-13(58)29(60)33(18)64)49-23-22-37(68)41(72)40(71)27(50(22)81-51(23)48(79)46(77)47(49)78)53(3)8-4-12(57)28(59)32(63)16(8)20-26(53)39(70)45(76)42(73)35(20)66/h4-7H,54-79H2,1-3H3. The van der Waals surface area contributed by atoms with Crippen LogP contribution in [0.4, 0.5) is 17.1 Å². The van der Waals surface area contributed by atoms with Gasteiger partial charge in [-0.05, 0) is 74.7 Å². The molecule has 1 unspecified atom stereocenters. The van der Waals surface area contributed by atoms with Crippen LogP contribution in [-0.2, 0) is 10.8 Å². The molecule has 0 saturated carbocycles. The Balaban J connectivity index is 1.34. The van der Waals surface area contributed by atoms with Gasteiger partial charge in [0.05, 0.1) is 11.1 Å².